The fourth-order valence-electron chi connectivity index (χ4n) is 1.79. The standard InChI is InChI=1S/C15H12N2OS/c1-18-12-6-4-5-11(9-12)14-10-17-15(19-14)13-7-2-3-8-16-13/h2-10H,1H3. The van der Waals surface area contributed by atoms with Crippen molar-refractivity contribution in [3.05, 3.63) is 54.9 Å². The van der Waals surface area contributed by atoms with Crippen LogP contribution in [0.25, 0.3) is 21.1 Å². The first kappa shape index (κ1) is 11.9. The highest BCUT2D eigenvalue weighted by Crippen LogP contribution is 2.32. The molecule has 0 aliphatic rings. The second kappa shape index (κ2) is 5.20. The van der Waals surface area contributed by atoms with Gasteiger partial charge in [-0.1, -0.05) is 18.2 Å². The Morgan fingerprint density at radius 1 is 1.05 bits per heavy atom. The molecule has 0 saturated heterocycles. The highest BCUT2D eigenvalue weighted by molar-refractivity contribution is 7.18. The van der Waals surface area contributed by atoms with E-state index < -0.39 is 0 Å². The molecule has 0 aliphatic heterocycles. The number of hydrogen-bond donors (Lipinski definition) is 0. The first-order valence-corrected chi connectivity index (χ1v) is 6.70. The Hall–Kier alpha value is -2.20. The van der Waals surface area contributed by atoms with Crippen LogP contribution in [0.4, 0.5) is 0 Å². The van der Waals surface area contributed by atoms with Crippen molar-refractivity contribution < 1.29 is 4.74 Å². The second-order valence-corrected chi connectivity index (χ2v) is 5.01. The molecule has 2 heterocycles. The van der Waals surface area contributed by atoms with E-state index in [2.05, 4.69) is 16.0 Å². The van der Waals surface area contributed by atoms with Crippen LogP contribution in [0, 0.1) is 0 Å². The van der Waals surface area contributed by atoms with E-state index in [0.29, 0.717) is 0 Å². The summed E-state index contributed by atoms with van der Waals surface area (Å²) in [6.45, 7) is 0. The van der Waals surface area contributed by atoms with E-state index in [1.54, 1.807) is 24.6 Å². The molecule has 3 nitrogen and oxygen atoms in total. The normalized spacial score (nSPS) is 10.4. The van der Waals surface area contributed by atoms with Crippen LogP contribution in [0.1, 0.15) is 0 Å². The van der Waals surface area contributed by atoms with Gasteiger partial charge in [-0.2, -0.15) is 0 Å². The summed E-state index contributed by atoms with van der Waals surface area (Å²) in [5.74, 6) is 0.852. The molecule has 0 unspecified atom stereocenters. The van der Waals surface area contributed by atoms with E-state index >= 15 is 0 Å². The predicted octanol–water partition coefficient (Wildman–Crippen LogP) is 3.88. The molecule has 0 bridgehead atoms. The molecular weight excluding hydrogens is 256 g/mol. The van der Waals surface area contributed by atoms with E-state index in [-0.39, 0.29) is 0 Å². The van der Waals surface area contributed by atoms with Gasteiger partial charge in [0.1, 0.15) is 10.8 Å². The van der Waals surface area contributed by atoms with Crippen molar-refractivity contribution in [3.8, 4) is 26.9 Å². The Balaban J connectivity index is 1.97. The fraction of sp³-hybridized carbons (Fsp3) is 0.0667. The Morgan fingerprint density at radius 2 is 2.00 bits per heavy atom. The lowest BCUT2D eigenvalue weighted by molar-refractivity contribution is 0.415. The lowest BCUT2D eigenvalue weighted by Gasteiger charge is -2.01. The number of nitrogens with zero attached hydrogens (tertiary/aromatic N) is 2. The van der Waals surface area contributed by atoms with E-state index in [4.69, 9.17) is 4.74 Å². The molecular formula is C15H12N2OS. The predicted molar refractivity (Wildman–Crippen MR) is 77.3 cm³/mol. The Morgan fingerprint density at radius 3 is 2.79 bits per heavy atom. The molecule has 94 valence electrons. The van der Waals surface area contributed by atoms with Crippen molar-refractivity contribution in [2.75, 3.05) is 7.11 Å². The molecule has 0 fully saturated rings. The topological polar surface area (TPSA) is 35.0 Å². The maximum absolute atomic E-state index is 5.24. The lowest BCUT2D eigenvalue weighted by Crippen LogP contribution is -1.81. The van der Waals surface area contributed by atoms with Crippen LogP contribution in [0.3, 0.4) is 0 Å². The zero-order valence-electron chi connectivity index (χ0n) is 10.4. The minimum Gasteiger partial charge on any atom is -0.497 e. The molecule has 3 aromatic rings. The van der Waals surface area contributed by atoms with E-state index in [1.807, 2.05) is 42.6 Å². The zero-order chi connectivity index (χ0) is 13.1. The van der Waals surface area contributed by atoms with Crippen molar-refractivity contribution >= 4 is 11.3 Å². The van der Waals surface area contributed by atoms with Gasteiger partial charge in [-0.25, -0.2) is 4.98 Å². The molecule has 0 saturated carbocycles. The molecule has 2 aromatic heterocycles. The Labute approximate surface area is 115 Å². The van der Waals surface area contributed by atoms with Gasteiger partial charge in [0.05, 0.1) is 17.7 Å². The molecule has 4 heteroatoms. The van der Waals surface area contributed by atoms with Crippen molar-refractivity contribution in [2.45, 2.75) is 0 Å². The monoisotopic (exact) mass is 268 g/mol. The summed E-state index contributed by atoms with van der Waals surface area (Å²) in [4.78, 5) is 9.86. The fourth-order valence-corrected chi connectivity index (χ4v) is 2.68. The smallest absolute Gasteiger partial charge is 0.142 e. The van der Waals surface area contributed by atoms with Gasteiger partial charge in [0.2, 0.25) is 0 Å². The zero-order valence-corrected chi connectivity index (χ0v) is 11.2. The third-order valence-electron chi connectivity index (χ3n) is 2.74. The van der Waals surface area contributed by atoms with Crippen LogP contribution in [-0.2, 0) is 0 Å². The molecule has 0 N–H and O–H groups in total. The largest absolute Gasteiger partial charge is 0.497 e. The van der Waals surface area contributed by atoms with Crippen LogP contribution in [0.5, 0.6) is 5.75 Å². The number of benzene rings is 1. The number of rotatable bonds is 3. The number of methoxy groups -OCH3 is 1. The number of ether oxygens (including phenoxy) is 1. The van der Waals surface area contributed by atoms with Crippen LogP contribution in [0.2, 0.25) is 0 Å². The highest BCUT2D eigenvalue weighted by Gasteiger charge is 2.07. The van der Waals surface area contributed by atoms with Crippen LogP contribution in [0.15, 0.2) is 54.9 Å². The first-order chi connectivity index (χ1) is 9.36. The third-order valence-corrected chi connectivity index (χ3v) is 3.81. The van der Waals surface area contributed by atoms with Gasteiger partial charge >= 0.3 is 0 Å². The Bertz CT molecular complexity index is 679. The van der Waals surface area contributed by atoms with Gasteiger partial charge in [0.25, 0.3) is 0 Å². The summed E-state index contributed by atoms with van der Waals surface area (Å²) in [5.41, 5.74) is 2.01. The molecule has 3 rings (SSSR count). The number of hydrogen-bond acceptors (Lipinski definition) is 4. The molecule has 19 heavy (non-hydrogen) atoms. The van der Waals surface area contributed by atoms with E-state index in [9.17, 15) is 0 Å². The van der Waals surface area contributed by atoms with Crippen molar-refractivity contribution in [3.63, 3.8) is 0 Å². The van der Waals surface area contributed by atoms with Crippen molar-refractivity contribution in [2.24, 2.45) is 0 Å². The van der Waals surface area contributed by atoms with Gasteiger partial charge in [0.15, 0.2) is 0 Å². The average molecular weight is 268 g/mol. The Kier molecular flexibility index (Phi) is 3.25. The minimum absolute atomic E-state index is 0.852. The van der Waals surface area contributed by atoms with Crippen LogP contribution in [-0.4, -0.2) is 17.1 Å². The quantitative estimate of drug-likeness (QED) is 0.723. The number of thiazole rings is 1. The van der Waals surface area contributed by atoms with E-state index in [1.165, 1.54) is 0 Å². The SMILES string of the molecule is COc1cccc(-c2cnc(-c3ccccn3)s2)c1. The summed E-state index contributed by atoms with van der Waals surface area (Å²) in [7, 11) is 1.67. The average Bonchev–Trinajstić information content (AvgIpc) is 2.98. The molecule has 1 aromatic carbocycles. The van der Waals surface area contributed by atoms with Crippen LogP contribution >= 0.6 is 11.3 Å². The lowest BCUT2D eigenvalue weighted by atomic mass is 10.2. The van der Waals surface area contributed by atoms with Gasteiger partial charge in [-0.3, -0.25) is 4.98 Å². The summed E-state index contributed by atoms with van der Waals surface area (Å²) in [6, 6.07) is 13.8. The van der Waals surface area contributed by atoms with Gasteiger partial charge in [0, 0.05) is 12.4 Å². The van der Waals surface area contributed by atoms with Gasteiger partial charge in [-0.15, -0.1) is 11.3 Å². The highest BCUT2D eigenvalue weighted by atomic mass is 32.1. The van der Waals surface area contributed by atoms with E-state index in [0.717, 1.165) is 26.9 Å². The first-order valence-electron chi connectivity index (χ1n) is 5.88. The molecule has 0 atom stereocenters. The van der Waals surface area contributed by atoms with Crippen molar-refractivity contribution in [1.29, 1.82) is 0 Å². The maximum Gasteiger partial charge on any atom is 0.142 e. The summed E-state index contributed by atoms with van der Waals surface area (Å²) < 4.78 is 5.24. The molecule has 0 aliphatic carbocycles. The van der Waals surface area contributed by atoms with Crippen molar-refractivity contribution in [1.82, 2.24) is 9.97 Å². The maximum atomic E-state index is 5.24. The summed E-state index contributed by atoms with van der Waals surface area (Å²) in [5, 5.41) is 0.929. The minimum atomic E-state index is 0.852. The second-order valence-electron chi connectivity index (χ2n) is 3.98. The molecule has 0 radical (unpaired) electrons. The number of pyridine rings is 1. The van der Waals surface area contributed by atoms with Gasteiger partial charge in [-0.05, 0) is 29.8 Å². The third kappa shape index (κ3) is 2.48. The van der Waals surface area contributed by atoms with Gasteiger partial charge < -0.3 is 4.74 Å². The summed E-state index contributed by atoms with van der Waals surface area (Å²) in [6.07, 6.45) is 3.66. The molecule has 0 amide bonds. The number of aromatic nitrogens is 2. The summed E-state index contributed by atoms with van der Waals surface area (Å²) >= 11 is 1.63. The molecule has 0 spiro atoms. The van der Waals surface area contributed by atoms with Crippen LogP contribution < -0.4 is 4.74 Å².